The molecule has 0 radical (unpaired) electrons. The van der Waals surface area contributed by atoms with Gasteiger partial charge in [-0.05, 0) is 41.5 Å². The Morgan fingerprint density at radius 1 is 1.13 bits per heavy atom. The highest BCUT2D eigenvalue weighted by molar-refractivity contribution is 8.21. The fourth-order valence-corrected chi connectivity index (χ4v) is 6.39. The van der Waals surface area contributed by atoms with Crippen LogP contribution in [0.15, 0.2) is 65.8 Å². The lowest BCUT2D eigenvalue weighted by atomic mass is 10.0. The predicted octanol–water partition coefficient (Wildman–Crippen LogP) is 6.11. The molecule has 31 heavy (non-hydrogen) atoms. The first kappa shape index (κ1) is 22.1. The zero-order chi connectivity index (χ0) is 21.7. The third-order valence-electron chi connectivity index (χ3n) is 5.00. The fourth-order valence-electron chi connectivity index (χ4n) is 3.44. The third-order valence-corrected chi connectivity index (χ3v) is 8.54. The topological polar surface area (TPSA) is 50.7 Å². The molecule has 1 amide bonds. The number of fused-ring (bicyclic) bond motifs is 1. The second-order valence-electron chi connectivity index (χ2n) is 7.41. The Bertz CT molecular complexity index is 1100. The van der Waals surface area contributed by atoms with Crippen LogP contribution < -0.4 is 10.2 Å². The highest BCUT2D eigenvalue weighted by Gasteiger charge is 2.32. The maximum Gasteiger partial charge on any atom is 0.242 e. The summed E-state index contributed by atoms with van der Waals surface area (Å²) in [5.41, 5.74) is 4.55. The van der Waals surface area contributed by atoms with Crippen LogP contribution >= 0.6 is 35.1 Å². The van der Waals surface area contributed by atoms with E-state index >= 15 is 0 Å². The normalized spacial score (nSPS) is 15.4. The quantitative estimate of drug-likeness (QED) is 0.334. The lowest BCUT2D eigenvalue weighted by molar-refractivity contribution is -0.121. The van der Waals surface area contributed by atoms with Crippen molar-refractivity contribution >= 4 is 58.0 Å². The molecule has 0 aliphatic carbocycles. The van der Waals surface area contributed by atoms with Crippen molar-refractivity contribution in [1.82, 2.24) is 5.43 Å². The molecule has 1 fully saturated rings. The summed E-state index contributed by atoms with van der Waals surface area (Å²) < 4.78 is 6.04. The van der Waals surface area contributed by atoms with Gasteiger partial charge in [-0.3, -0.25) is 4.79 Å². The van der Waals surface area contributed by atoms with Crippen molar-refractivity contribution in [2.75, 3.05) is 11.5 Å². The molecule has 160 valence electrons. The van der Waals surface area contributed by atoms with Gasteiger partial charge in [0.2, 0.25) is 5.91 Å². The van der Waals surface area contributed by atoms with Gasteiger partial charge in [0.15, 0.2) is 0 Å². The van der Waals surface area contributed by atoms with Crippen molar-refractivity contribution in [1.29, 1.82) is 0 Å². The zero-order valence-corrected chi connectivity index (χ0v) is 19.5. The molecule has 0 aromatic heterocycles. The van der Waals surface area contributed by atoms with Crippen molar-refractivity contribution in [3.05, 3.63) is 76.8 Å². The highest BCUT2D eigenvalue weighted by atomic mass is 35.5. The van der Waals surface area contributed by atoms with E-state index in [2.05, 4.69) is 17.5 Å². The molecule has 0 spiro atoms. The molecule has 0 atom stereocenters. The number of nitrogens with one attached hydrogen (secondary N) is 1. The summed E-state index contributed by atoms with van der Waals surface area (Å²) in [6, 6.07) is 19.6. The number of hydrogen-bond acceptors (Lipinski definition) is 5. The number of carbonyl (C=O) groups excluding carboxylic acids is 1. The molecule has 4 rings (SSSR count). The van der Waals surface area contributed by atoms with Gasteiger partial charge in [0.05, 0.1) is 16.7 Å². The van der Waals surface area contributed by atoms with Crippen LogP contribution in [0.3, 0.4) is 0 Å². The molecule has 4 nitrogen and oxygen atoms in total. The Hall–Kier alpha value is -2.15. The lowest BCUT2D eigenvalue weighted by Gasteiger charge is -2.19. The van der Waals surface area contributed by atoms with Crippen molar-refractivity contribution in [3.8, 4) is 5.75 Å². The van der Waals surface area contributed by atoms with E-state index < -0.39 is 0 Å². The summed E-state index contributed by atoms with van der Waals surface area (Å²) in [6.45, 7) is 2.53. The van der Waals surface area contributed by atoms with Crippen LogP contribution in [0.5, 0.6) is 5.75 Å². The van der Waals surface area contributed by atoms with E-state index in [0.717, 1.165) is 33.4 Å². The minimum absolute atomic E-state index is 0.0636. The molecular formula is C24H23ClN2O2S2. The molecule has 1 N–H and O–H groups in total. The first-order valence-corrected chi connectivity index (χ1v) is 12.4. The summed E-state index contributed by atoms with van der Waals surface area (Å²) in [5.74, 6) is 2.80. The highest BCUT2D eigenvalue weighted by Crippen LogP contribution is 2.45. The van der Waals surface area contributed by atoms with Gasteiger partial charge in [-0.1, -0.05) is 54.1 Å². The number of thioether (sulfide) groups is 2. The van der Waals surface area contributed by atoms with E-state index in [1.54, 1.807) is 6.21 Å². The molecule has 1 heterocycles. The second kappa shape index (κ2) is 9.98. The summed E-state index contributed by atoms with van der Waals surface area (Å²) in [5, 5.41) is 7.05. The minimum atomic E-state index is -0.0791. The second-order valence-corrected chi connectivity index (χ2v) is 11.3. The molecule has 1 aliphatic heterocycles. The van der Waals surface area contributed by atoms with E-state index in [1.807, 2.05) is 84.2 Å². The maximum absolute atomic E-state index is 12.4. The third kappa shape index (κ3) is 5.76. The number of halogens is 1. The molecule has 7 heteroatoms. The standard InChI is InChI=1S/C24H23ClN2O2S2/c1-24(30-12-13-31-24)14-23(28)27-26-15-21-20-5-3-2-4-18(20)8-11-22(21)29-16-17-6-9-19(25)10-7-17/h2-11,15H,12-14,16H2,1H3,(H,27,28)/b26-15-. The fraction of sp³-hybridized carbons (Fsp3) is 0.250. The van der Waals surface area contributed by atoms with Gasteiger partial charge in [-0.2, -0.15) is 5.10 Å². The van der Waals surface area contributed by atoms with Crippen molar-refractivity contribution in [2.24, 2.45) is 5.10 Å². The number of carbonyl (C=O) groups is 1. The molecular weight excluding hydrogens is 448 g/mol. The number of ether oxygens (including phenoxy) is 1. The van der Waals surface area contributed by atoms with E-state index in [-0.39, 0.29) is 9.99 Å². The van der Waals surface area contributed by atoms with Crippen LogP contribution in [0.2, 0.25) is 5.02 Å². The largest absolute Gasteiger partial charge is 0.488 e. The number of benzene rings is 3. The van der Waals surface area contributed by atoms with Crippen LogP contribution in [-0.2, 0) is 11.4 Å². The summed E-state index contributed by atoms with van der Waals surface area (Å²) in [6.07, 6.45) is 2.11. The Labute approximate surface area is 195 Å². The van der Waals surface area contributed by atoms with Gasteiger partial charge >= 0.3 is 0 Å². The first-order chi connectivity index (χ1) is 15.0. The van der Waals surface area contributed by atoms with Gasteiger partial charge in [0, 0.05) is 22.1 Å². The molecule has 0 bridgehead atoms. The van der Waals surface area contributed by atoms with E-state index in [0.29, 0.717) is 23.8 Å². The molecule has 0 unspecified atom stereocenters. The number of rotatable bonds is 7. The Kier molecular flexibility index (Phi) is 7.10. The van der Waals surface area contributed by atoms with Crippen LogP contribution in [0.4, 0.5) is 0 Å². The summed E-state index contributed by atoms with van der Waals surface area (Å²) in [4.78, 5) is 12.4. The minimum Gasteiger partial charge on any atom is -0.488 e. The van der Waals surface area contributed by atoms with E-state index in [9.17, 15) is 4.79 Å². The van der Waals surface area contributed by atoms with Crippen molar-refractivity contribution in [2.45, 2.75) is 24.0 Å². The molecule has 0 saturated carbocycles. The number of amides is 1. The smallest absolute Gasteiger partial charge is 0.242 e. The summed E-state index contributed by atoms with van der Waals surface area (Å²) >= 11 is 9.64. The first-order valence-electron chi connectivity index (χ1n) is 10.0. The maximum atomic E-state index is 12.4. The molecule has 1 aliphatic rings. The van der Waals surface area contributed by atoms with Gasteiger partial charge in [0.25, 0.3) is 0 Å². The van der Waals surface area contributed by atoms with Crippen LogP contribution in [0, 0.1) is 0 Å². The van der Waals surface area contributed by atoms with Crippen molar-refractivity contribution < 1.29 is 9.53 Å². The number of nitrogens with zero attached hydrogens (tertiary/aromatic N) is 1. The van der Waals surface area contributed by atoms with Crippen LogP contribution in [0.25, 0.3) is 10.8 Å². The van der Waals surface area contributed by atoms with Gasteiger partial charge in [0.1, 0.15) is 12.4 Å². The lowest BCUT2D eigenvalue weighted by Crippen LogP contribution is -2.26. The molecule has 3 aromatic rings. The zero-order valence-electron chi connectivity index (χ0n) is 17.1. The number of hydrogen-bond donors (Lipinski definition) is 1. The van der Waals surface area contributed by atoms with Gasteiger partial charge in [-0.15, -0.1) is 23.5 Å². The SMILES string of the molecule is CC1(CC(=O)N/N=C\c2c(OCc3ccc(Cl)cc3)ccc3ccccc23)SCCS1. The van der Waals surface area contributed by atoms with Gasteiger partial charge < -0.3 is 4.74 Å². The van der Waals surface area contributed by atoms with E-state index in [1.165, 1.54) is 0 Å². The van der Waals surface area contributed by atoms with Gasteiger partial charge in [-0.25, -0.2) is 5.43 Å². The summed E-state index contributed by atoms with van der Waals surface area (Å²) in [7, 11) is 0. The average Bonchev–Trinajstić information content (AvgIpc) is 3.19. The Morgan fingerprint density at radius 2 is 1.87 bits per heavy atom. The average molecular weight is 471 g/mol. The number of hydrazone groups is 1. The van der Waals surface area contributed by atoms with E-state index in [4.69, 9.17) is 16.3 Å². The molecule has 1 saturated heterocycles. The molecule has 3 aromatic carbocycles. The predicted molar refractivity (Wildman–Crippen MR) is 133 cm³/mol. The van der Waals surface area contributed by atoms with Crippen molar-refractivity contribution in [3.63, 3.8) is 0 Å². The monoisotopic (exact) mass is 470 g/mol. The van der Waals surface area contributed by atoms with Crippen LogP contribution in [0.1, 0.15) is 24.5 Å². The Morgan fingerprint density at radius 3 is 2.65 bits per heavy atom. The Balaban J connectivity index is 1.51. The van der Waals surface area contributed by atoms with Crippen LogP contribution in [-0.4, -0.2) is 27.7 Å².